The number of anilines is 1. The van der Waals surface area contributed by atoms with Crippen molar-refractivity contribution in [1.82, 2.24) is 4.90 Å². The summed E-state index contributed by atoms with van der Waals surface area (Å²) in [7, 11) is 0. The number of likely N-dealkylation sites (tertiary alicyclic amines) is 1. The Hall–Kier alpha value is -1.95. The van der Waals surface area contributed by atoms with Gasteiger partial charge in [0, 0.05) is 24.2 Å². The number of ether oxygens (including phenoxy) is 1. The smallest absolute Gasteiger partial charge is 0.410 e. The number of nitrogens with zero attached hydrogens (tertiary/aromatic N) is 1. The normalized spacial score (nSPS) is 17.3. The van der Waals surface area contributed by atoms with E-state index in [1.165, 1.54) is 11.8 Å². The number of piperidine rings is 1. The van der Waals surface area contributed by atoms with Crippen LogP contribution in [0.5, 0.6) is 0 Å². The van der Waals surface area contributed by atoms with E-state index in [1.54, 1.807) is 4.90 Å². The van der Waals surface area contributed by atoms with Crippen LogP contribution in [0.25, 0.3) is 0 Å². The summed E-state index contributed by atoms with van der Waals surface area (Å²) in [5.74, 6) is 0.0734. The van der Waals surface area contributed by atoms with Crippen molar-refractivity contribution in [2.75, 3.05) is 24.7 Å². The first-order valence-electron chi connectivity index (χ1n) is 8.31. The molecule has 136 valence electrons. The molecule has 25 heavy (non-hydrogen) atoms. The molecule has 0 spiro atoms. The summed E-state index contributed by atoms with van der Waals surface area (Å²) >= 11 is 1.48. The number of Topliss-reactive ketones (excluding diaryl/α,β-unsaturated/α-hetero) is 1. The maximum Gasteiger partial charge on any atom is 0.410 e. The van der Waals surface area contributed by atoms with Gasteiger partial charge in [0.2, 0.25) is 0 Å². The maximum atomic E-state index is 12.4. The molecule has 6 heteroatoms. The topological polar surface area (TPSA) is 58.6 Å². The van der Waals surface area contributed by atoms with Gasteiger partial charge >= 0.3 is 6.09 Å². The monoisotopic (exact) mass is 362 g/mol. The van der Waals surface area contributed by atoms with Crippen molar-refractivity contribution >= 4 is 29.3 Å². The Bertz CT molecular complexity index is 692. The van der Waals surface area contributed by atoms with E-state index in [9.17, 15) is 9.59 Å². The Kier molecular flexibility index (Phi) is 6.16. The highest BCUT2D eigenvalue weighted by atomic mass is 32.2. The number of rotatable bonds is 3. The van der Waals surface area contributed by atoms with E-state index < -0.39 is 5.60 Å². The lowest BCUT2D eigenvalue weighted by molar-refractivity contribution is -0.117. The molecule has 1 aliphatic rings. The summed E-state index contributed by atoms with van der Waals surface area (Å²) in [5.41, 5.74) is 2.15. The molecular formula is C19H26N2O3S. The van der Waals surface area contributed by atoms with Crippen LogP contribution < -0.4 is 5.32 Å². The van der Waals surface area contributed by atoms with Crippen LogP contribution in [0.1, 0.15) is 32.8 Å². The van der Waals surface area contributed by atoms with E-state index in [2.05, 4.69) is 5.32 Å². The molecule has 0 atom stereocenters. The number of carbonyl (C=O) groups excluding carboxylic acids is 2. The van der Waals surface area contributed by atoms with Gasteiger partial charge in [-0.1, -0.05) is 12.1 Å². The molecule has 1 fully saturated rings. The highest BCUT2D eigenvalue weighted by Crippen LogP contribution is 2.26. The SMILES string of the molecule is CS/C(Nc1cccc(C)c1)=C1/CN(C(=O)OC(C)(C)C)CCC1=O. The molecule has 1 aromatic rings. The molecule has 0 saturated carbocycles. The van der Waals surface area contributed by atoms with Crippen LogP contribution >= 0.6 is 11.8 Å². The van der Waals surface area contributed by atoms with Crippen LogP contribution in [-0.4, -0.2) is 41.7 Å². The zero-order valence-electron chi connectivity index (χ0n) is 15.5. The van der Waals surface area contributed by atoms with Crippen molar-refractivity contribution in [1.29, 1.82) is 0 Å². The third-order valence-corrected chi connectivity index (χ3v) is 4.46. The lowest BCUT2D eigenvalue weighted by Crippen LogP contribution is -2.43. The first kappa shape index (κ1) is 19.4. The minimum Gasteiger partial charge on any atom is -0.444 e. The van der Waals surface area contributed by atoms with Crippen molar-refractivity contribution in [3.05, 3.63) is 40.4 Å². The maximum absolute atomic E-state index is 12.4. The van der Waals surface area contributed by atoms with Crippen molar-refractivity contribution in [3.63, 3.8) is 0 Å². The summed E-state index contributed by atoms with van der Waals surface area (Å²) in [4.78, 5) is 26.3. The molecule has 1 amide bonds. The number of hydrogen-bond donors (Lipinski definition) is 1. The van der Waals surface area contributed by atoms with Gasteiger partial charge in [-0.2, -0.15) is 0 Å². The second-order valence-corrected chi connectivity index (χ2v) is 7.90. The van der Waals surface area contributed by atoms with Crippen molar-refractivity contribution in [2.45, 2.75) is 39.7 Å². The Morgan fingerprint density at radius 1 is 1.32 bits per heavy atom. The summed E-state index contributed by atoms with van der Waals surface area (Å²) in [6.07, 6.45) is 1.85. The third-order valence-electron chi connectivity index (χ3n) is 3.70. The highest BCUT2D eigenvalue weighted by molar-refractivity contribution is 8.02. The predicted molar refractivity (Wildman–Crippen MR) is 103 cm³/mol. The van der Waals surface area contributed by atoms with E-state index >= 15 is 0 Å². The van der Waals surface area contributed by atoms with Crippen LogP contribution in [0, 0.1) is 6.92 Å². The number of amides is 1. The Balaban J connectivity index is 2.21. The number of ketones is 1. The van der Waals surface area contributed by atoms with E-state index in [1.807, 2.05) is 58.2 Å². The number of benzene rings is 1. The van der Waals surface area contributed by atoms with Crippen molar-refractivity contribution in [3.8, 4) is 0 Å². The standard InChI is InChI=1S/C19H26N2O3S/c1-13-7-6-8-14(11-13)20-17(25-5)15-12-21(10-9-16(15)22)18(23)24-19(2,3)4/h6-8,11,20H,9-10,12H2,1-5H3/b17-15-. The number of hydrogen-bond acceptors (Lipinski definition) is 5. The minimum absolute atomic E-state index is 0.0734. The molecule has 5 nitrogen and oxygen atoms in total. The molecule has 0 aliphatic carbocycles. The zero-order chi connectivity index (χ0) is 18.6. The lowest BCUT2D eigenvalue weighted by Gasteiger charge is -2.31. The Morgan fingerprint density at radius 2 is 2.04 bits per heavy atom. The predicted octanol–water partition coefficient (Wildman–Crippen LogP) is 4.19. The molecule has 0 unspecified atom stereocenters. The van der Waals surface area contributed by atoms with Crippen molar-refractivity contribution in [2.24, 2.45) is 0 Å². The van der Waals surface area contributed by atoms with Gasteiger partial charge < -0.3 is 15.0 Å². The fourth-order valence-electron chi connectivity index (χ4n) is 2.53. The van der Waals surface area contributed by atoms with E-state index in [-0.39, 0.29) is 18.4 Å². The zero-order valence-corrected chi connectivity index (χ0v) is 16.3. The largest absolute Gasteiger partial charge is 0.444 e. The molecule has 0 radical (unpaired) electrons. The summed E-state index contributed by atoms with van der Waals surface area (Å²) in [6, 6.07) is 7.97. The van der Waals surface area contributed by atoms with Crippen LogP contribution in [0.15, 0.2) is 34.9 Å². The quantitative estimate of drug-likeness (QED) is 0.817. The van der Waals surface area contributed by atoms with Crippen LogP contribution in [0.3, 0.4) is 0 Å². The molecule has 2 rings (SSSR count). The second kappa shape index (κ2) is 7.95. The number of nitrogens with one attached hydrogen (secondary N) is 1. The van der Waals surface area contributed by atoms with Gasteiger partial charge in [-0.15, -0.1) is 11.8 Å². The van der Waals surface area contributed by atoms with E-state index in [4.69, 9.17) is 4.74 Å². The molecule has 0 aromatic heterocycles. The third kappa shape index (κ3) is 5.53. The number of thioether (sulfide) groups is 1. The number of aryl methyl sites for hydroxylation is 1. The number of carbonyl (C=O) groups is 2. The molecule has 1 aliphatic heterocycles. The molecule has 1 heterocycles. The van der Waals surface area contributed by atoms with Crippen LogP contribution in [-0.2, 0) is 9.53 Å². The Labute approximate surface area is 153 Å². The summed E-state index contributed by atoms with van der Waals surface area (Å²) in [6.45, 7) is 8.19. The molecule has 1 aromatic carbocycles. The van der Waals surface area contributed by atoms with Gasteiger partial charge in [0.15, 0.2) is 5.78 Å². The minimum atomic E-state index is -0.551. The summed E-state index contributed by atoms with van der Waals surface area (Å²) in [5, 5.41) is 4.10. The summed E-state index contributed by atoms with van der Waals surface area (Å²) < 4.78 is 5.43. The molecule has 1 saturated heterocycles. The molecular weight excluding hydrogens is 336 g/mol. The van der Waals surface area contributed by atoms with Crippen molar-refractivity contribution < 1.29 is 14.3 Å². The van der Waals surface area contributed by atoms with Gasteiger partial charge in [0.05, 0.1) is 11.6 Å². The average molecular weight is 362 g/mol. The van der Waals surface area contributed by atoms with Gasteiger partial charge in [-0.3, -0.25) is 4.79 Å². The fraction of sp³-hybridized carbons (Fsp3) is 0.474. The first-order valence-corrected chi connectivity index (χ1v) is 9.54. The van der Waals surface area contributed by atoms with Crippen LogP contribution in [0.4, 0.5) is 10.5 Å². The first-order chi connectivity index (χ1) is 11.7. The average Bonchev–Trinajstić information content (AvgIpc) is 2.51. The lowest BCUT2D eigenvalue weighted by atomic mass is 10.0. The second-order valence-electron chi connectivity index (χ2n) is 7.08. The van der Waals surface area contributed by atoms with E-state index in [0.717, 1.165) is 16.3 Å². The van der Waals surface area contributed by atoms with Gasteiger partial charge in [-0.05, 0) is 51.6 Å². The molecule has 0 bridgehead atoms. The van der Waals surface area contributed by atoms with Gasteiger partial charge in [0.1, 0.15) is 5.60 Å². The van der Waals surface area contributed by atoms with Crippen LogP contribution in [0.2, 0.25) is 0 Å². The van der Waals surface area contributed by atoms with Gasteiger partial charge in [-0.25, -0.2) is 4.79 Å². The van der Waals surface area contributed by atoms with Gasteiger partial charge in [0.25, 0.3) is 0 Å². The molecule has 1 N–H and O–H groups in total. The van der Waals surface area contributed by atoms with E-state index in [0.29, 0.717) is 18.5 Å². The fourth-order valence-corrected chi connectivity index (χ4v) is 3.17. The highest BCUT2D eigenvalue weighted by Gasteiger charge is 2.30. The Morgan fingerprint density at radius 3 is 2.64 bits per heavy atom.